The summed E-state index contributed by atoms with van der Waals surface area (Å²) in [6.45, 7) is 3.95. The number of esters is 2. The number of rotatable bonds is 8. The lowest BCUT2D eigenvalue weighted by Crippen LogP contribution is -2.06. The smallest absolute Gasteiger partial charge is 0.306 e. The van der Waals surface area contributed by atoms with Crippen LogP contribution in [0.1, 0.15) is 50.7 Å². The Labute approximate surface area is 164 Å². The van der Waals surface area contributed by atoms with Crippen molar-refractivity contribution < 1.29 is 28.7 Å². The maximum atomic E-state index is 11.7. The molecule has 0 unspecified atom stereocenters. The molecule has 0 spiro atoms. The molecular formula is C22H22O6. The van der Waals surface area contributed by atoms with Gasteiger partial charge in [-0.2, -0.15) is 0 Å². The minimum atomic E-state index is -0.428. The average molecular weight is 382 g/mol. The largest absolute Gasteiger partial charge is 0.466 e. The van der Waals surface area contributed by atoms with Gasteiger partial charge in [0.25, 0.3) is 0 Å². The van der Waals surface area contributed by atoms with E-state index in [0.717, 1.165) is 0 Å². The SMILES string of the molecule is CCOC(=O)CCC(=O)C#Cc1cccc(C#CC(=O)CCC(=O)OCC)c1. The van der Waals surface area contributed by atoms with Crippen molar-refractivity contribution in [3.63, 3.8) is 0 Å². The molecule has 0 bridgehead atoms. The standard InChI is InChI=1S/C22H22O6/c1-3-27-21(25)14-12-19(23)10-8-17-6-5-7-18(16-17)9-11-20(24)13-15-22(26)28-4-2/h5-7,16H,3-4,12-15H2,1-2H3. The summed E-state index contributed by atoms with van der Waals surface area (Å²) in [4.78, 5) is 45.9. The quantitative estimate of drug-likeness (QED) is 0.506. The Balaban J connectivity index is 2.61. The maximum Gasteiger partial charge on any atom is 0.306 e. The Hall–Kier alpha value is -3.38. The first-order chi connectivity index (χ1) is 13.4. The summed E-state index contributed by atoms with van der Waals surface area (Å²) in [6.07, 6.45) is 0.00214. The number of benzene rings is 1. The average Bonchev–Trinajstić information content (AvgIpc) is 2.68. The van der Waals surface area contributed by atoms with E-state index in [1.165, 1.54) is 0 Å². The Kier molecular flexibility index (Phi) is 10.4. The molecule has 0 radical (unpaired) electrons. The van der Waals surface area contributed by atoms with E-state index in [1.807, 2.05) is 0 Å². The fourth-order valence-electron chi connectivity index (χ4n) is 1.98. The fraction of sp³-hybridized carbons (Fsp3) is 0.364. The van der Waals surface area contributed by atoms with Crippen LogP contribution in [0.25, 0.3) is 0 Å². The van der Waals surface area contributed by atoms with Crippen molar-refractivity contribution in [1.29, 1.82) is 0 Å². The number of hydrogen-bond acceptors (Lipinski definition) is 6. The zero-order chi connectivity index (χ0) is 20.8. The van der Waals surface area contributed by atoms with Gasteiger partial charge in [-0.25, -0.2) is 0 Å². The molecule has 1 aromatic carbocycles. The molecule has 6 heteroatoms. The van der Waals surface area contributed by atoms with Crippen molar-refractivity contribution >= 4 is 23.5 Å². The van der Waals surface area contributed by atoms with E-state index < -0.39 is 11.9 Å². The van der Waals surface area contributed by atoms with Crippen LogP contribution in [0.4, 0.5) is 0 Å². The summed E-state index contributed by atoms with van der Waals surface area (Å²) < 4.78 is 9.50. The van der Waals surface area contributed by atoms with E-state index in [0.29, 0.717) is 11.1 Å². The lowest BCUT2D eigenvalue weighted by Gasteiger charge is -1.98. The summed E-state index contributed by atoms with van der Waals surface area (Å²) in [5.74, 6) is 8.79. The van der Waals surface area contributed by atoms with Crippen LogP contribution in [0.15, 0.2) is 24.3 Å². The summed E-state index contributed by atoms with van der Waals surface area (Å²) in [5.41, 5.74) is 1.13. The predicted molar refractivity (Wildman–Crippen MR) is 102 cm³/mol. The molecule has 146 valence electrons. The van der Waals surface area contributed by atoms with E-state index in [4.69, 9.17) is 9.47 Å². The monoisotopic (exact) mass is 382 g/mol. The van der Waals surface area contributed by atoms with E-state index in [2.05, 4.69) is 23.7 Å². The van der Waals surface area contributed by atoms with Gasteiger partial charge in [-0.05, 0) is 43.9 Å². The van der Waals surface area contributed by atoms with Crippen LogP contribution < -0.4 is 0 Å². The molecule has 0 saturated carbocycles. The number of ether oxygens (including phenoxy) is 2. The van der Waals surface area contributed by atoms with Gasteiger partial charge in [-0.15, -0.1) is 0 Å². The predicted octanol–water partition coefficient (Wildman–Crippen LogP) is 2.21. The number of Topliss-reactive ketones (excluding diaryl/α,β-unsaturated/α-hetero) is 2. The highest BCUT2D eigenvalue weighted by atomic mass is 16.5. The molecule has 6 nitrogen and oxygen atoms in total. The molecule has 0 fully saturated rings. The van der Waals surface area contributed by atoms with Crippen molar-refractivity contribution in [3.05, 3.63) is 35.4 Å². The minimum absolute atomic E-state index is 0.000295. The zero-order valence-electron chi connectivity index (χ0n) is 16.0. The van der Waals surface area contributed by atoms with Gasteiger partial charge in [0.1, 0.15) is 0 Å². The molecule has 0 aliphatic heterocycles. The lowest BCUT2D eigenvalue weighted by atomic mass is 10.1. The van der Waals surface area contributed by atoms with Gasteiger partial charge < -0.3 is 9.47 Å². The zero-order valence-corrected chi connectivity index (χ0v) is 16.0. The molecule has 0 aliphatic carbocycles. The number of carbonyl (C=O) groups excluding carboxylic acids is 4. The molecule has 0 aliphatic rings. The van der Waals surface area contributed by atoms with Crippen LogP contribution in [-0.2, 0) is 28.7 Å². The first-order valence-electron chi connectivity index (χ1n) is 8.95. The van der Waals surface area contributed by atoms with Crippen molar-refractivity contribution in [3.8, 4) is 23.7 Å². The normalized spacial score (nSPS) is 9.21. The summed E-state index contributed by atoms with van der Waals surface area (Å²) in [6, 6.07) is 6.77. The highest BCUT2D eigenvalue weighted by Gasteiger charge is 2.06. The minimum Gasteiger partial charge on any atom is -0.466 e. The topological polar surface area (TPSA) is 86.7 Å². The van der Waals surface area contributed by atoms with Gasteiger partial charge in [0.2, 0.25) is 11.6 Å². The van der Waals surface area contributed by atoms with Crippen LogP contribution in [0.5, 0.6) is 0 Å². The van der Waals surface area contributed by atoms with Gasteiger partial charge in [-0.1, -0.05) is 17.9 Å². The van der Waals surface area contributed by atoms with Gasteiger partial charge in [0.05, 0.1) is 26.1 Å². The lowest BCUT2D eigenvalue weighted by molar-refractivity contribution is -0.144. The molecule has 1 rings (SSSR count). The molecule has 0 N–H and O–H groups in total. The second-order valence-electron chi connectivity index (χ2n) is 5.54. The third-order valence-electron chi connectivity index (χ3n) is 3.28. The highest BCUT2D eigenvalue weighted by molar-refractivity contribution is 5.98. The molecule has 0 atom stereocenters. The summed E-state index contributed by atoms with van der Waals surface area (Å²) in [7, 11) is 0. The molecule has 0 amide bonds. The molecule has 0 aromatic heterocycles. The summed E-state index contributed by atoms with van der Waals surface area (Å²) >= 11 is 0. The third-order valence-corrected chi connectivity index (χ3v) is 3.28. The second kappa shape index (κ2) is 12.9. The Bertz CT molecular complexity index is 778. The number of hydrogen-bond donors (Lipinski definition) is 0. The van der Waals surface area contributed by atoms with Crippen molar-refractivity contribution in [2.75, 3.05) is 13.2 Å². The van der Waals surface area contributed by atoms with Gasteiger partial charge in [-0.3, -0.25) is 19.2 Å². The summed E-state index contributed by atoms with van der Waals surface area (Å²) in [5, 5.41) is 0. The third kappa shape index (κ3) is 9.94. The van der Waals surface area contributed by atoms with E-state index in [9.17, 15) is 19.2 Å². The van der Waals surface area contributed by atoms with Crippen LogP contribution in [-0.4, -0.2) is 36.7 Å². The Morgan fingerprint density at radius 3 is 1.57 bits per heavy atom. The number of carbonyl (C=O) groups is 4. The van der Waals surface area contributed by atoms with Crippen LogP contribution in [0.3, 0.4) is 0 Å². The van der Waals surface area contributed by atoms with Crippen molar-refractivity contribution in [2.45, 2.75) is 39.5 Å². The Morgan fingerprint density at radius 2 is 1.18 bits per heavy atom. The molecule has 0 heterocycles. The highest BCUT2D eigenvalue weighted by Crippen LogP contribution is 2.03. The Morgan fingerprint density at radius 1 is 0.750 bits per heavy atom. The van der Waals surface area contributed by atoms with Crippen molar-refractivity contribution in [2.24, 2.45) is 0 Å². The van der Waals surface area contributed by atoms with Crippen LogP contribution in [0, 0.1) is 23.7 Å². The van der Waals surface area contributed by atoms with E-state index >= 15 is 0 Å². The maximum absolute atomic E-state index is 11.7. The van der Waals surface area contributed by atoms with Gasteiger partial charge >= 0.3 is 11.9 Å². The van der Waals surface area contributed by atoms with Crippen molar-refractivity contribution in [1.82, 2.24) is 0 Å². The molecule has 28 heavy (non-hydrogen) atoms. The fourth-order valence-corrected chi connectivity index (χ4v) is 1.98. The number of ketones is 2. The van der Waals surface area contributed by atoms with E-state index in [1.54, 1.807) is 38.1 Å². The first kappa shape index (κ1) is 22.7. The van der Waals surface area contributed by atoms with Crippen LogP contribution >= 0.6 is 0 Å². The molecule has 1 aromatic rings. The molecule has 0 saturated heterocycles. The van der Waals surface area contributed by atoms with E-state index in [-0.39, 0.29) is 50.5 Å². The van der Waals surface area contributed by atoms with Gasteiger partial charge in [0.15, 0.2) is 0 Å². The van der Waals surface area contributed by atoms with Crippen LogP contribution in [0.2, 0.25) is 0 Å². The first-order valence-corrected chi connectivity index (χ1v) is 8.95. The van der Waals surface area contributed by atoms with Gasteiger partial charge in [0, 0.05) is 24.0 Å². The second-order valence-corrected chi connectivity index (χ2v) is 5.54. The molecular weight excluding hydrogens is 360 g/mol.